The molecule has 3 rings (SSSR count). The van der Waals surface area contributed by atoms with E-state index in [0.29, 0.717) is 6.04 Å². The number of hydrogen-bond acceptors (Lipinski definition) is 3. The standard InChI is InChI=1S/C15H19NS2/c1-2-6-12(5-1)16-14(15-8-4-10-18-15)11-13-7-3-9-17-13/h3-4,7-10,12,14,16H,1-2,5-6,11H2. The Morgan fingerprint density at radius 3 is 2.56 bits per heavy atom. The van der Waals surface area contributed by atoms with Crippen molar-refractivity contribution in [2.24, 2.45) is 0 Å². The van der Waals surface area contributed by atoms with Gasteiger partial charge in [-0.2, -0.15) is 0 Å². The van der Waals surface area contributed by atoms with Gasteiger partial charge in [0.15, 0.2) is 0 Å². The van der Waals surface area contributed by atoms with Crippen LogP contribution >= 0.6 is 22.7 Å². The molecule has 1 unspecified atom stereocenters. The summed E-state index contributed by atoms with van der Waals surface area (Å²) >= 11 is 3.75. The van der Waals surface area contributed by atoms with E-state index in [1.165, 1.54) is 35.4 Å². The molecule has 2 heterocycles. The van der Waals surface area contributed by atoms with Gasteiger partial charge >= 0.3 is 0 Å². The Kier molecular flexibility index (Phi) is 4.13. The first-order valence-corrected chi connectivity index (χ1v) is 8.49. The summed E-state index contributed by atoms with van der Waals surface area (Å²) in [5.74, 6) is 0. The van der Waals surface area contributed by atoms with Crippen molar-refractivity contribution in [3.63, 3.8) is 0 Å². The lowest BCUT2D eigenvalue weighted by Crippen LogP contribution is -2.31. The SMILES string of the molecule is c1csc(CC(NC2CCCC2)c2cccs2)c1. The van der Waals surface area contributed by atoms with Crippen LogP contribution in [0.15, 0.2) is 35.0 Å². The summed E-state index contributed by atoms with van der Waals surface area (Å²) in [4.78, 5) is 2.97. The van der Waals surface area contributed by atoms with Crippen LogP contribution in [0, 0.1) is 0 Å². The van der Waals surface area contributed by atoms with Crippen LogP contribution in [0.3, 0.4) is 0 Å². The van der Waals surface area contributed by atoms with E-state index in [2.05, 4.69) is 40.3 Å². The van der Waals surface area contributed by atoms with Crippen LogP contribution in [-0.4, -0.2) is 6.04 Å². The molecule has 0 aliphatic heterocycles. The Bertz CT molecular complexity index is 441. The first kappa shape index (κ1) is 12.4. The minimum atomic E-state index is 0.506. The van der Waals surface area contributed by atoms with Gasteiger partial charge in [0, 0.05) is 28.3 Å². The summed E-state index contributed by atoms with van der Waals surface area (Å²) in [7, 11) is 0. The smallest absolute Gasteiger partial charge is 0.0465 e. The molecule has 1 fully saturated rings. The summed E-state index contributed by atoms with van der Waals surface area (Å²) in [6, 6.07) is 10.1. The highest BCUT2D eigenvalue weighted by Gasteiger charge is 2.21. The average molecular weight is 277 g/mol. The van der Waals surface area contributed by atoms with E-state index in [1.807, 2.05) is 22.7 Å². The topological polar surface area (TPSA) is 12.0 Å². The number of nitrogens with one attached hydrogen (secondary N) is 1. The third-order valence-corrected chi connectivity index (χ3v) is 5.55. The van der Waals surface area contributed by atoms with Crippen LogP contribution in [-0.2, 0) is 6.42 Å². The minimum Gasteiger partial charge on any atom is -0.306 e. The molecule has 0 amide bonds. The molecule has 0 saturated heterocycles. The summed E-state index contributed by atoms with van der Waals surface area (Å²) in [6.07, 6.45) is 6.63. The van der Waals surface area contributed by atoms with Crippen LogP contribution in [0.4, 0.5) is 0 Å². The van der Waals surface area contributed by atoms with Gasteiger partial charge in [0.2, 0.25) is 0 Å². The Morgan fingerprint density at radius 2 is 1.89 bits per heavy atom. The number of hydrogen-bond donors (Lipinski definition) is 1. The maximum atomic E-state index is 3.87. The fourth-order valence-electron chi connectivity index (χ4n) is 2.74. The lowest BCUT2D eigenvalue weighted by atomic mass is 10.1. The van der Waals surface area contributed by atoms with Crippen molar-refractivity contribution in [3.8, 4) is 0 Å². The van der Waals surface area contributed by atoms with Crippen LogP contribution < -0.4 is 5.32 Å². The van der Waals surface area contributed by atoms with E-state index >= 15 is 0 Å². The molecule has 1 saturated carbocycles. The summed E-state index contributed by atoms with van der Waals surface area (Å²) in [6.45, 7) is 0. The van der Waals surface area contributed by atoms with Crippen molar-refractivity contribution in [2.45, 2.75) is 44.2 Å². The van der Waals surface area contributed by atoms with Gasteiger partial charge in [0.25, 0.3) is 0 Å². The van der Waals surface area contributed by atoms with Gasteiger partial charge in [-0.1, -0.05) is 25.0 Å². The zero-order valence-corrected chi connectivity index (χ0v) is 12.1. The molecule has 1 N–H and O–H groups in total. The lowest BCUT2D eigenvalue weighted by Gasteiger charge is -2.21. The van der Waals surface area contributed by atoms with Crippen LogP contribution in [0.25, 0.3) is 0 Å². The quantitative estimate of drug-likeness (QED) is 0.840. The van der Waals surface area contributed by atoms with Crippen molar-refractivity contribution >= 4 is 22.7 Å². The van der Waals surface area contributed by atoms with E-state index in [4.69, 9.17) is 0 Å². The van der Waals surface area contributed by atoms with Crippen LogP contribution in [0.5, 0.6) is 0 Å². The minimum absolute atomic E-state index is 0.506. The molecule has 1 aliphatic carbocycles. The molecular weight excluding hydrogens is 258 g/mol. The van der Waals surface area contributed by atoms with E-state index in [1.54, 1.807) is 0 Å². The second kappa shape index (κ2) is 6.00. The van der Waals surface area contributed by atoms with Gasteiger partial charge < -0.3 is 5.32 Å². The van der Waals surface area contributed by atoms with E-state index in [9.17, 15) is 0 Å². The first-order chi connectivity index (χ1) is 8.92. The van der Waals surface area contributed by atoms with Gasteiger partial charge in [-0.05, 0) is 35.7 Å². The van der Waals surface area contributed by atoms with Gasteiger partial charge in [0.1, 0.15) is 0 Å². The first-order valence-electron chi connectivity index (χ1n) is 6.73. The second-order valence-corrected chi connectivity index (χ2v) is 7.01. The number of thiophene rings is 2. The van der Waals surface area contributed by atoms with Crippen molar-refractivity contribution in [1.29, 1.82) is 0 Å². The molecule has 96 valence electrons. The molecule has 3 heteroatoms. The lowest BCUT2D eigenvalue weighted by molar-refractivity contribution is 0.443. The van der Waals surface area contributed by atoms with Crippen molar-refractivity contribution in [2.75, 3.05) is 0 Å². The zero-order valence-electron chi connectivity index (χ0n) is 10.5. The highest BCUT2D eigenvalue weighted by molar-refractivity contribution is 7.10. The van der Waals surface area contributed by atoms with E-state index in [0.717, 1.165) is 12.5 Å². The largest absolute Gasteiger partial charge is 0.306 e. The van der Waals surface area contributed by atoms with Crippen molar-refractivity contribution < 1.29 is 0 Å². The Morgan fingerprint density at radius 1 is 1.11 bits per heavy atom. The molecule has 0 bridgehead atoms. The van der Waals surface area contributed by atoms with Crippen LogP contribution in [0.1, 0.15) is 41.5 Å². The van der Waals surface area contributed by atoms with Gasteiger partial charge in [-0.15, -0.1) is 22.7 Å². The second-order valence-electron chi connectivity index (χ2n) is 5.00. The molecule has 0 radical (unpaired) electrons. The zero-order chi connectivity index (χ0) is 12.2. The molecule has 1 aliphatic rings. The predicted molar refractivity (Wildman–Crippen MR) is 80.5 cm³/mol. The van der Waals surface area contributed by atoms with Gasteiger partial charge in [-0.3, -0.25) is 0 Å². The fourth-order valence-corrected chi connectivity index (χ4v) is 4.28. The summed E-state index contributed by atoms with van der Waals surface area (Å²) in [5.41, 5.74) is 0. The predicted octanol–water partition coefficient (Wildman–Crippen LogP) is 4.63. The van der Waals surface area contributed by atoms with E-state index < -0.39 is 0 Å². The monoisotopic (exact) mass is 277 g/mol. The fraction of sp³-hybridized carbons (Fsp3) is 0.467. The third kappa shape index (κ3) is 3.02. The normalized spacial score (nSPS) is 18.2. The highest BCUT2D eigenvalue weighted by atomic mass is 32.1. The third-order valence-electron chi connectivity index (χ3n) is 3.66. The van der Waals surface area contributed by atoms with Crippen molar-refractivity contribution in [1.82, 2.24) is 5.32 Å². The summed E-state index contributed by atoms with van der Waals surface area (Å²) in [5, 5.41) is 8.24. The Balaban J connectivity index is 1.71. The Labute approximate surface area is 117 Å². The molecule has 2 aromatic heterocycles. The molecule has 1 nitrogen and oxygen atoms in total. The maximum absolute atomic E-state index is 3.87. The summed E-state index contributed by atoms with van der Waals surface area (Å²) < 4.78 is 0. The van der Waals surface area contributed by atoms with Crippen molar-refractivity contribution in [3.05, 3.63) is 44.8 Å². The highest BCUT2D eigenvalue weighted by Crippen LogP contribution is 2.28. The van der Waals surface area contributed by atoms with Crippen LogP contribution in [0.2, 0.25) is 0 Å². The average Bonchev–Trinajstić information content (AvgIpc) is 3.13. The molecular formula is C15H19NS2. The molecule has 0 spiro atoms. The van der Waals surface area contributed by atoms with E-state index in [-0.39, 0.29) is 0 Å². The molecule has 1 atom stereocenters. The van der Waals surface area contributed by atoms with Gasteiger partial charge in [-0.25, -0.2) is 0 Å². The maximum Gasteiger partial charge on any atom is 0.0465 e. The van der Waals surface area contributed by atoms with Gasteiger partial charge in [0.05, 0.1) is 0 Å². The number of rotatable bonds is 5. The molecule has 0 aromatic carbocycles. The molecule has 18 heavy (non-hydrogen) atoms. The molecule has 2 aromatic rings. The Hall–Kier alpha value is -0.640.